The van der Waals surface area contributed by atoms with Gasteiger partial charge < -0.3 is 15.6 Å². The monoisotopic (exact) mass is 220 g/mol. The van der Waals surface area contributed by atoms with Crippen LogP contribution in [0.3, 0.4) is 0 Å². The molecule has 1 heterocycles. The molecule has 0 aromatic heterocycles. The summed E-state index contributed by atoms with van der Waals surface area (Å²) in [4.78, 5) is 4.24. The van der Waals surface area contributed by atoms with Crippen LogP contribution >= 0.6 is 0 Å². The lowest BCUT2D eigenvalue weighted by atomic mass is 10.0. The summed E-state index contributed by atoms with van der Waals surface area (Å²) in [5, 5.41) is 8.81. The summed E-state index contributed by atoms with van der Waals surface area (Å²) in [6.45, 7) is 1.51. The Bertz CT molecular complexity index is 373. The van der Waals surface area contributed by atoms with E-state index in [2.05, 4.69) is 4.99 Å². The second-order valence-corrected chi connectivity index (χ2v) is 3.78. The van der Waals surface area contributed by atoms with Crippen molar-refractivity contribution in [1.29, 1.82) is 0 Å². The number of rotatable bonds is 4. The Labute approximate surface area is 94.8 Å². The van der Waals surface area contributed by atoms with E-state index in [9.17, 15) is 0 Å². The SMILES string of the molecule is NC(CCO)c1ccc(C2=NCCO2)cc1. The van der Waals surface area contributed by atoms with Gasteiger partial charge in [-0.3, -0.25) is 0 Å². The summed E-state index contributed by atoms with van der Waals surface area (Å²) < 4.78 is 5.37. The van der Waals surface area contributed by atoms with Gasteiger partial charge in [0.25, 0.3) is 0 Å². The molecule has 0 radical (unpaired) electrons. The van der Waals surface area contributed by atoms with Crippen LogP contribution in [-0.4, -0.2) is 30.8 Å². The van der Waals surface area contributed by atoms with Crippen molar-refractivity contribution in [3.8, 4) is 0 Å². The average Bonchev–Trinajstić information content (AvgIpc) is 2.83. The van der Waals surface area contributed by atoms with Crippen LogP contribution < -0.4 is 5.73 Å². The largest absolute Gasteiger partial charge is 0.476 e. The van der Waals surface area contributed by atoms with Gasteiger partial charge in [-0.1, -0.05) is 12.1 Å². The number of nitrogens with zero attached hydrogens (tertiary/aromatic N) is 1. The lowest BCUT2D eigenvalue weighted by Gasteiger charge is -2.10. The molecular formula is C12H16N2O2. The van der Waals surface area contributed by atoms with E-state index in [0.717, 1.165) is 17.7 Å². The fourth-order valence-electron chi connectivity index (χ4n) is 1.69. The number of aliphatic hydroxyl groups is 1. The van der Waals surface area contributed by atoms with E-state index in [-0.39, 0.29) is 12.6 Å². The average molecular weight is 220 g/mol. The van der Waals surface area contributed by atoms with E-state index in [1.165, 1.54) is 0 Å². The van der Waals surface area contributed by atoms with Gasteiger partial charge in [0, 0.05) is 18.2 Å². The summed E-state index contributed by atoms with van der Waals surface area (Å²) in [6.07, 6.45) is 0.580. The summed E-state index contributed by atoms with van der Waals surface area (Å²) >= 11 is 0. The van der Waals surface area contributed by atoms with E-state index in [1.54, 1.807) is 0 Å². The number of benzene rings is 1. The maximum absolute atomic E-state index is 8.81. The van der Waals surface area contributed by atoms with Gasteiger partial charge in [-0.15, -0.1) is 0 Å². The lowest BCUT2D eigenvalue weighted by Crippen LogP contribution is -2.12. The third-order valence-electron chi connectivity index (χ3n) is 2.61. The first-order chi connectivity index (χ1) is 7.81. The van der Waals surface area contributed by atoms with E-state index < -0.39 is 0 Å². The van der Waals surface area contributed by atoms with Gasteiger partial charge in [0.1, 0.15) is 6.61 Å². The Hall–Kier alpha value is -1.39. The molecule has 0 saturated carbocycles. The number of hydrogen-bond acceptors (Lipinski definition) is 4. The lowest BCUT2D eigenvalue weighted by molar-refractivity contribution is 0.276. The number of ether oxygens (including phenoxy) is 1. The molecular weight excluding hydrogens is 204 g/mol. The molecule has 0 fully saturated rings. The molecule has 1 aliphatic heterocycles. The van der Waals surface area contributed by atoms with Crippen molar-refractivity contribution in [3.05, 3.63) is 35.4 Å². The normalized spacial score (nSPS) is 16.8. The quantitative estimate of drug-likeness (QED) is 0.790. The molecule has 16 heavy (non-hydrogen) atoms. The van der Waals surface area contributed by atoms with Crippen molar-refractivity contribution < 1.29 is 9.84 Å². The predicted molar refractivity (Wildman–Crippen MR) is 62.4 cm³/mol. The molecule has 86 valence electrons. The highest BCUT2D eigenvalue weighted by Gasteiger charge is 2.11. The molecule has 2 rings (SSSR count). The first-order valence-electron chi connectivity index (χ1n) is 5.45. The van der Waals surface area contributed by atoms with Gasteiger partial charge in [0.2, 0.25) is 5.90 Å². The standard InChI is InChI=1S/C12H16N2O2/c13-11(5-7-15)9-1-3-10(4-2-9)12-14-6-8-16-12/h1-4,11,15H,5-8,13H2. The topological polar surface area (TPSA) is 67.8 Å². The zero-order valence-electron chi connectivity index (χ0n) is 9.10. The van der Waals surface area contributed by atoms with E-state index >= 15 is 0 Å². The zero-order chi connectivity index (χ0) is 11.4. The third-order valence-corrected chi connectivity index (χ3v) is 2.61. The van der Waals surface area contributed by atoms with E-state index in [0.29, 0.717) is 18.9 Å². The molecule has 1 aromatic rings. The maximum atomic E-state index is 8.81. The maximum Gasteiger partial charge on any atom is 0.216 e. The van der Waals surface area contributed by atoms with Gasteiger partial charge in [-0.05, 0) is 24.1 Å². The molecule has 0 bridgehead atoms. The third kappa shape index (κ3) is 2.40. The molecule has 3 N–H and O–H groups in total. The van der Waals surface area contributed by atoms with Gasteiger partial charge in [-0.25, -0.2) is 4.99 Å². The number of hydrogen-bond donors (Lipinski definition) is 2. The van der Waals surface area contributed by atoms with Crippen LogP contribution in [0.4, 0.5) is 0 Å². The van der Waals surface area contributed by atoms with Crippen molar-refractivity contribution >= 4 is 5.90 Å². The minimum absolute atomic E-state index is 0.106. The van der Waals surface area contributed by atoms with Crippen LogP contribution in [-0.2, 0) is 4.74 Å². The fourth-order valence-corrected chi connectivity index (χ4v) is 1.69. The summed E-state index contributed by atoms with van der Waals surface area (Å²) in [5.74, 6) is 0.710. The van der Waals surface area contributed by atoms with Crippen molar-refractivity contribution in [2.75, 3.05) is 19.8 Å². The molecule has 4 heteroatoms. The first-order valence-corrected chi connectivity index (χ1v) is 5.45. The first kappa shape index (κ1) is 11.1. The van der Waals surface area contributed by atoms with Crippen molar-refractivity contribution in [2.45, 2.75) is 12.5 Å². The van der Waals surface area contributed by atoms with Crippen LogP contribution in [0.15, 0.2) is 29.3 Å². The predicted octanol–water partition coefficient (Wildman–Crippen LogP) is 0.846. The Balaban J connectivity index is 2.09. The zero-order valence-corrected chi connectivity index (χ0v) is 9.10. The van der Waals surface area contributed by atoms with Gasteiger partial charge in [0.05, 0.1) is 6.54 Å². The minimum atomic E-state index is -0.106. The Morgan fingerprint density at radius 1 is 1.38 bits per heavy atom. The smallest absolute Gasteiger partial charge is 0.216 e. The Morgan fingerprint density at radius 2 is 2.12 bits per heavy atom. The molecule has 0 saturated heterocycles. The fraction of sp³-hybridized carbons (Fsp3) is 0.417. The Kier molecular flexibility index (Phi) is 3.54. The second-order valence-electron chi connectivity index (χ2n) is 3.78. The van der Waals surface area contributed by atoms with Crippen molar-refractivity contribution in [1.82, 2.24) is 0 Å². The molecule has 1 aliphatic rings. The molecule has 0 aliphatic carbocycles. The number of aliphatic imine (C=N–C) groups is 1. The Morgan fingerprint density at radius 3 is 2.69 bits per heavy atom. The van der Waals surface area contributed by atoms with Crippen molar-refractivity contribution in [3.63, 3.8) is 0 Å². The highest BCUT2D eigenvalue weighted by Crippen LogP contribution is 2.16. The van der Waals surface area contributed by atoms with Crippen molar-refractivity contribution in [2.24, 2.45) is 10.7 Å². The summed E-state index contributed by atoms with van der Waals surface area (Å²) in [7, 11) is 0. The molecule has 1 unspecified atom stereocenters. The highest BCUT2D eigenvalue weighted by atomic mass is 16.5. The second kappa shape index (κ2) is 5.09. The van der Waals surface area contributed by atoms with Crippen LogP contribution in [0.25, 0.3) is 0 Å². The molecule has 0 spiro atoms. The van der Waals surface area contributed by atoms with Crippen LogP contribution in [0.5, 0.6) is 0 Å². The molecule has 0 amide bonds. The molecule has 1 aromatic carbocycles. The van der Waals surface area contributed by atoms with E-state index in [1.807, 2.05) is 24.3 Å². The summed E-state index contributed by atoms with van der Waals surface area (Å²) in [6, 6.07) is 7.72. The summed E-state index contributed by atoms with van der Waals surface area (Å²) in [5.41, 5.74) is 7.90. The van der Waals surface area contributed by atoms with Gasteiger partial charge in [-0.2, -0.15) is 0 Å². The van der Waals surface area contributed by atoms with Crippen LogP contribution in [0, 0.1) is 0 Å². The molecule has 4 nitrogen and oxygen atoms in total. The highest BCUT2D eigenvalue weighted by molar-refractivity contribution is 5.94. The van der Waals surface area contributed by atoms with Gasteiger partial charge >= 0.3 is 0 Å². The van der Waals surface area contributed by atoms with Gasteiger partial charge in [0.15, 0.2) is 0 Å². The van der Waals surface area contributed by atoms with Crippen LogP contribution in [0.2, 0.25) is 0 Å². The minimum Gasteiger partial charge on any atom is -0.476 e. The van der Waals surface area contributed by atoms with Crippen LogP contribution in [0.1, 0.15) is 23.6 Å². The number of nitrogens with two attached hydrogens (primary N) is 1. The number of aliphatic hydroxyl groups excluding tert-OH is 1. The van der Waals surface area contributed by atoms with E-state index in [4.69, 9.17) is 15.6 Å². The molecule has 1 atom stereocenters.